The molecule has 13 heteroatoms. The van der Waals surface area contributed by atoms with Crippen LogP contribution in [-0.2, 0) is 14.8 Å². The van der Waals surface area contributed by atoms with Crippen molar-refractivity contribution in [2.24, 2.45) is 0 Å². The number of carbonyl (C=O) groups is 1. The molecule has 1 amide bonds. The van der Waals surface area contributed by atoms with Gasteiger partial charge in [-0.1, -0.05) is 5.16 Å². The van der Waals surface area contributed by atoms with Gasteiger partial charge in [0.05, 0.1) is 33.1 Å². The quantitative estimate of drug-likeness (QED) is 0.539. The molecule has 1 aliphatic heterocycles. The fourth-order valence-corrected chi connectivity index (χ4v) is 5.21. The maximum atomic E-state index is 12.9. The Morgan fingerprint density at radius 1 is 1.19 bits per heavy atom. The van der Waals surface area contributed by atoms with Gasteiger partial charge in [0.1, 0.15) is 15.7 Å². The predicted octanol–water partition coefficient (Wildman–Crippen LogP) is 2.09. The molecular formula is C19H20N4O7S2. The van der Waals surface area contributed by atoms with Crippen LogP contribution in [0, 0.1) is 0 Å². The van der Waals surface area contributed by atoms with Gasteiger partial charge in [0, 0.05) is 30.1 Å². The number of ether oxygens (including phenoxy) is 3. The number of morpholine rings is 1. The number of thiophene rings is 1. The molecule has 1 N–H and O–H groups in total. The molecular weight excluding hydrogens is 460 g/mol. The van der Waals surface area contributed by atoms with Crippen LogP contribution in [0.5, 0.6) is 11.5 Å². The highest BCUT2D eigenvalue weighted by Crippen LogP contribution is 2.33. The van der Waals surface area contributed by atoms with Gasteiger partial charge < -0.3 is 23.6 Å². The van der Waals surface area contributed by atoms with Crippen molar-refractivity contribution in [3.63, 3.8) is 0 Å². The Kier molecular flexibility index (Phi) is 6.30. The van der Waals surface area contributed by atoms with Crippen molar-refractivity contribution in [2.75, 3.05) is 45.2 Å². The van der Waals surface area contributed by atoms with Crippen LogP contribution in [0.1, 0.15) is 10.7 Å². The summed E-state index contributed by atoms with van der Waals surface area (Å²) in [5.41, 5.74) is 0.683. The molecule has 32 heavy (non-hydrogen) atoms. The molecule has 0 spiro atoms. The van der Waals surface area contributed by atoms with Gasteiger partial charge in [0.2, 0.25) is 5.82 Å². The zero-order valence-electron chi connectivity index (χ0n) is 17.2. The van der Waals surface area contributed by atoms with Gasteiger partial charge in [-0.15, -0.1) is 11.3 Å². The largest absolute Gasteiger partial charge is 0.497 e. The molecule has 4 rings (SSSR count). The van der Waals surface area contributed by atoms with E-state index < -0.39 is 10.0 Å². The molecule has 0 aliphatic carbocycles. The maximum absolute atomic E-state index is 12.9. The number of aromatic nitrogens is 2. The van der Waals surface area contributed by atoms with E-state index in [4.69, 9.17) is 18.7 Å². The first-order valence-corrected chi connectivity index (χ1v) is 11.8. The average Bonchev–Trinajstić information content (AvgIpc) is 3.49. The van der Waals surface area contributed by atoms with Gasteiger partial charge in [-0.2, -0.15) is 4.98 Å². The monoisotopic (exact) mass is 480 g/mol. The van der Waals surface area contributed by atoms with Crippen molar-refractivity contribution in [2.45, 2.75) is 4.21 Å². The lowest BCUT2D eigenvalue weighted by molar-refractivity contribution is 0.0272. The van der Waals surface area contributed by atoms with Crippen molar-refractivity contribution in [3.8, 4) is 22.9 Å². The Morgan fingerprint density at radius 3 is 2.69 bits per heavy atom. The second-order valence-electron chi connectivity index (χ2n) is 6.65. The van der Waals surface area contributed by atoms with E-state index in [0.717, 1.165) is 11.3 Å². The molecule has 0 unspecified atom stereocenters. The topological polar surface area (TPSA) is 133 Å². The normalized spacial score (nSPS) is 14.2. The van der Waals surface area contributed by atoms with Gasteiger partial charge in [-0.05, 0) is 18.2 Å². The summed E-state index contributed by atoms with van der Waals surface area (Å²) in [5.74, 6) is 0.431. The first-order chi connectivity index (χ1) is 15.4. The Bertz CT molecular complexity index is 1220. The number of nitrogens with zero attached hydrogens (tertiary/aromatic N) is 3. The summed E-state index contributed by atoms with van der Waals surface area (Å²) in [7, 11) is -0.971. The van der Waals surface area contributed by atoms with Crippen molar-refractivity contribution < 1.29 is 31.9 Å². The minimum Gasteiger partial charge on any atom is -0.497 e. The van der Waals surface area contributed by atoms with Crippen LogP contribution in [0.15, 0.2) is 38.4 Å². The lowest BCUT2D eigenvalue weighted by Crippen LogP contribution is -2.40. The highest BCUT2D eigenvalue weighted by atomic mass is 32.2. The van der Waals surface area contributed by atoms with Crippen LogP contribution in [0.4, 0.5) is 5.69 Å². The van der Waals surface area contributed by atoms with Gasteiger partial charge in [0.25, 0.3) is 10.0 Å². The average molecular weight is 481 g/mol. The summed E-state index contributed by atoms with van der Waals surface area (Å²) in [6, 6.07) is 6.15. The van der Waals surface area contributed by atoms with E-state index in [1.807, 2.05) is 0 Å². The molecule has 170 valence electrons. The Balaban J connectivity index is 1.52. The zero-order valence-corrected chi connectivity index (χ0v) is 18.9. The molecule has 3 heterocycles. The first-order valence-electron chi connectivity index (χ1n) is 9.46. The number of methoxy groups -OCH3 is 2. The van der Waals surface area contributed by atoms with Crippen LogP contribution < -0.4 is 14.2 Å². The Labute approximate surface area is 187 Å². The maximum Gasteiger partial charge on any atom is 0.316 e. The molecule has 11 nitrogen and oxygen atoms in total. The molecule has 2 aromatic heterocycles. The minimum atomic E-state index is -3.91. The number of anilines is 1. The molecule has 1 saturated heterocycles. The zero-order chi connectivity index (χ0) is 22.7. The number of sulfonamides is 1. The summed E-state index contributed by atoms with van der Waals surface area (Å²) in [4.78, 5) is 18.2. The third-order valence-corrected chi connectivity index (χ3v) is 7.46. The summed E-state index contributed by atoms with van der Waals surface area (Å²) in [6.07, 6.45) is 0. The fraction of sp³-hybridized carbons (Fsp3) is 0.316. The van der Waals surface area contributed by atoms with Crippen molar-refractivity contribution in [1.29, 1.82) is 0 Å². The summed E-state index contributed by atoms with van der Waals surface area (Å²) in [6.45, 7) is 1.78. The summed E-state index contributed by atoms with van der Waals surface area (Å²) < 4.78 is 49.0. The van der Waals surface area contributed by atoms with Gasteiger partial charge in [-0.25, -0.2) is 8.42 Å². The predicted molar refractivity (Wildman–Crippen MR) is 115 cm³/mol. The highest BCUT2D eigenvalue weighted by Gasteiger charge is 2.26. The lowest BCUT2D eigenvalue weighted by Gasteiger charge is -2.25. The van der Waals surface area contributed by atoms with Gasteiger partial charge in [0.15, 0.2) is 0 Å². The van der Waals surface area contributed by atoms with E-state index in [1.165, 1.54) is 20.3 Å². The van der Waals surface area contributed by atoms with Crippen molar-refractivity contribution >= 4 is 33.0 Å². The van der Waals surface area contributed by atoms with E-state index in [2.05, 4.69) is 14.9 Å². The first kappa shape index (κ1) is 22.0. The van der Waals surface area contributed by atoms with Gasteiger partial charge >= 0.3 is 11.8 Å². The molecule has 3 aromatic rings. The number of amides is 1. The number of carbonyl (C=O) groups excluding carboxylic acids is 1. The smallest absolute Gasteiger partial charge is 0.316 e. The summed E-state index contributed by atoms with van der Waals surface area (Å²) in [5, 5.41) is 5.40. The van der Waals surface area contributed by atoms with E-state index in [-0.39, 0.29) is 27.5 Å². The SMILES string of the molecule is COc1ccc(NS(=O)(=O)c2cc(-c3noc(C(=O)N4CCOCC4)n3)cs2)c(OC)c1. The molecule has 0 saturated carbocycles. The van der Waals surface area contributed by atoms with Crippen LogP contribution in [0.25, 0.3) is 11.4 Å². The van der Waals surface area contributed by atoms with Crippen molar-refractivity contribution in [3.05, 3.63) is 35.5 Å². The Morgan fingerprint density at radius 2 is 1.97 bits per heavy atom. The molecule has 1 aromatic carbocycles. The second-order valence-corrected chi connectivity index (χ2v) is 9.47. The molecule has 0 radical (unpaired) electrons. The fourth-order valence-electron chi connectivity index (χ4n) is 2.98. The van der Waals surface area contributed by atoms with Crippen LogP contribution in [-0.4, -0.2) is 69.9 Å². The van der Waals surface area contributed by atoms with Crippen molar-refractivity contribution in [1.82, 2.24) is 15.0 Å². The number of hydrogen-bond donors (Lipinski definition) is 1. The number of hydrogen-bond acceptors (Lipinski definition) is 10. The number of nitrogens with one attached hydrogen (secondary N) is 1. The number of benzene rings is 1. The third kappa shape index (κ3) is 4.54. The molecule has 1 fully saturated rings. The van der Waals surface area contributed by atoms with E-state index in [9.17, 15) is 13.2 Å². The second kappa shape index (κ2) is 9.14. The standard InChI is InChI=1S/C19H20N4O7S2/c1-27-13-3-4-14(15(10-13)28-2)22-32(25,26)16-9-12(11-31-16)17-20-18(30-21-17)19(24)23-5-7-29-8-6-23/h3-4,9-11,22H,5-8H2,1-2H3. The van der Waals surface area contributed by atoms with Crippen LogP contribution in [0.3, 0.4) is 0 Å². The summed E-state index contributed by atoms with van der Waals surface area (Å²) >= 11 is 0.988. The van der Waals surface area contributed by atoms with E-state index in [1.54, 1.807) is 28.5 Å². The molecule has 1 aliphatic rings. The van der Waals surface area contributed by atoms with E-state index in [0.29, 0.717) is 43.4 Å². The Hall–Kier alpha value is -3.16. The van der Waals surface area contributed by atoms with Crippen LogP contribution in [0.2, 0.25) is 0 Å². The highest BCUT2D eigenvalue weighted by molar-refractivity contribution is 7.94. The lowest BCUT2D eigenvalue weighted by atomic mass is 10.3. The van der Waals surface area contributed by atoms with Crippen LogP contribution >= 0.6 is 11.3 Å². The minimum absolute atomic E-state index is 0.0382. The third-order valence-electron chi connectivity index (χ3n) is 4.66. The molecule has 0 atom stereocenters. The van der Waals surface area contributed by atoms with E-state index >= 15 is 0 Å². The number of rotatable bonds is 7. The van der Waals surface area contributed by atoms with Gasteiger partial charge in [-0.3, -0.25) is 9.52 Å². The molecule has 0 bridgehead atoms.